The van der Waals surface area contributed by atoms with E-state index in [-0.39, 0.29) is 47.2 Å². The highest BCUT2D eigenvalue weighted by Crippen LogP contribution is 2.62. The van der Waals surface area contributed by atoms with E-state index in [4.69, 9.17) is 21.1 Å². The number of imide groups is 2. The number of nitro benzene ring substituents is 2. The van der Waals surface area contributed by atoms with Crippen molar-refractivity contribution in [3.63, 3.8) is 0 Å². The summed E-state index contributed by atoms with van der Waals surface area (Å²) in [5.41, 5.74) is -1.63. The van der Waals surface area contributed by atoms with Gasteiger partial charge in [-0.25, -0.2) is 9.80 Å². The van der Waals surface area contributed by atoms with Crippen LogP contribution >= 0.6 is 11.6 Å². The number of hydrogen-bond donors (Lipinski definition) is 1. The molecule has 3 fully saturated rings. The van der Waals surface area contributed by atoms with Crippen LogP contribution in [-0.2, 0) is 24.6 Å². The minimum atomic E-state index is -1.58. The molecule has 2 aliphatic carbocycles. The van der Waals surface area contributed by atoms with Crippen molar-refractivity contribution in [3.8, 4) is 17.2 Å². The highest BCUT2D eigenvalue weighted by Gasteiger charge is 2.69. The lowest BCUT2D eigenvalue weighted by Crippen LogP contribution is -2.54. The summed E-state index contributed by atoms with van der Waals surface area (Å²) in [6, 6.07) is 20.4. The van der Waals surface area contributed by atoms with E-state index < -0.39 is 79.9 Å². The zero-order valence-electron chi connectivity index (χ0n) is 33.2. The fraction of sp³-hybridized carbons (Fsp3) is 0.273. The standard InChI is InChI=1S/C44H38ClN5O11/c1-46(2)38-33(49(56)57)20-27(21-34(38)50(58)59)47-40(52)29-15-14-28-30(37(29)42(47)54)22-32-41(53)48(26-12-8-11-25(45)19-26)43(55)44(32,24-9-6-5-7-10-24)31(28)16-13-23-17-35(60-3)39(51)36(18-23)61-4/h5-14,16-21,29-32,37,51H,15,22H2,1-4H3. The van der Waals surface area contributed by atoms with Crippen molar-refractivity contribution in [1.82, 2.24) is 0 Å². The third-order valence-corrected chi connectivity index (χ3v) is 12.6. The van der Waals surface area contributed by atoms with Gasteiger partial charge in [0.15, 0.2) is 17.2 Å². The topological polar surface area (TPSA) is 203 Å². The lowest BCUT2D eigenvalue weighted by molar-refractivity contribution is -0.392. The van der Waals surface area contributed by atoms with E-state index in [0.29, 0.717) is 21.7 Å². The van der Waals surface area contributed by atoms with Crippen molar-refractivity contribution < 1.29 is 43.6 Å². The number of carbonyl (C=O) groups is 4. The molecule has 0 spiro atoms. The van der Waals surface area contributed by atoms with Crippen LogP contribution in [0.25, 0.3) is 6.08 Å². The largest absolute Gasteiger partial charge is 0.502 e. The number of allylic oxidation sites excluding steroid dienone is 3. The maximum atomic E-state index is 15.4. The highest BCUT2D eigenvalue weighted by molar-refractivity contribution is 6.32. The Bertz CT molecular complexity index is 2570. The number of phenols is 1. The molecule has 1 N–H and O–H groups in total. The summed E-state index contributed by atoms with van der Waals surface area (Å²) in [5, 5.41) is 35.5. The van der Waals surface area contributed by atoms with Crippen molar-refractivity contribution >= 4 is 69.7 Å². The lowest BCUT2D eigenvalue weighted by Gasteiger charge is -2.49. The zero-order valence-corrected chi connectivity index (χ0v) is 33.9. The van der Waals surface area contributed by atoms with Crippen LogP contribution < -0.4 is 24.2 Å². The second-order valence-electron chi connectivity index (χ2n) is 15.5. The minimum absolute atomic E-state index is 0.0262. The molecule has 4 aliphatic rings. The van der Waals surface area contributed by atoms with Crippen LogP contribution in [0.15, 0.2) is 96.6 Å². The van der Waals surface area contributed by atoms with Crippen LogP contribution in [0.3, 0.4) is 0 Å². The molecule has 6 unspecified atom stereocenters. The van der Waals surface area contributed by atoms with Gasteiger partial charge in [-0.2, -0.15) is 0 Å². The number of amides is 4. The summed E-state index contributed by atoms with van der Waals surface area (Å²) in [6.45, 7) is 0. The van der Waals surface area contributed by atoms with Crippen molar-refractivity contribution in [2.45, 2.75) is 18.3 Å². The Morgan fingerprint density at radius 3 is 2.03 bits per heavy atom. The van der Waals surface area contributed by atoms with Crippen molar-refractivity contribution in [1.29, 1.82) is 0 Å². The Hall–Kier alpha value is -7.07. The van der Waals surface area contributed by atoms with E-state index in [1.165, 1.54) is 39.3 Å². The van der Waals surface area contributed by atoms with Gasteiger partial charge in [-0.05, 0) is 60.2 Å². The number of hydrogen-bond acceptors (Lipinski definition) is 12. The molecule has 6 atom stereocenters. The van der Waals surface area contributed by atoms with Crippen LogP contribution in [0.4, 0.5) is 28.4 Å². The minimum Gasteiger partial charge on any atom is -0.502 e. The number of nitrogens with zero attached hydrogens (tertiary/aromatic N) is 5. The molecule has 0 aromatic heterocycles. The molecule has 4 aromatic carbocycles. The van der Waals surface area contributed by atoms with Gasteiger partial charge in [0.25, 0.3) is 0 Å². The smallest absolute Gasteiger partial charge is 0.301 e. The van der Waals surface area contributed by atoms with Crippen LogP contribution in [-0.4, -0.2) is 66.9 Å². The number of fused-ring (bicyclic) bond motifs is 4. The van der Waals surface area contributed by atoms with Gasteiger partial charge in [-0.1, -0.05) is 71.8 Å². The van der Waals surface area contributed by atoms with E-state index in [1.54, 1.807) is 72.8 Å². The molecule has 17 heteroatoms. The Labute approximate surface area is 353 Å². The van der Waals surface area contributed by atoms with E-state index in [1.807, 2.05) is 6.08 Å². The molecule has 312 valence electrons. The monoisotopic (exact) mass is 847 g/mol. The molecule has 16 nitrogen and oxygen atoms in total. The number of carbonyl (C=O) groups excluding carboxylic acids is 4. The molecule has 4 aromatic rings. The van der Waals surface area contributed by atoms with Gasteiger partial charge in [-0.15, -0.1) is 0 Å². The fourth-order valence-electron chi connectivity index (χ4n) is 9.92. The number of ether oxygens (including phenoxy) is 2. The molecule has 61 heavy (non-hydrogen) atoms. The zero-order chi connectivity index (χ0) is 43.7. The number of rotatable bonds is 10. The van der Waals surface area contributed by atoms with Gasteiger partial charge in [0, 0.05) is 37.2 Å². The molecule has 2 aliphatic heterocycles. The predicted molar refractivity (Wildman–Crippen MR) is 224 cm³/mol. The van der Waals surface area contributed by atoms with Crippen molar-refractivity contribution in [2.75, 3.05) is 43.0 Å². The average Bonchev–Trinajstić information content (AvgIpc) is 3.63. The SMILES string of the molecule is COc1cc(C=CC2C3=CCC4C(=O)N(c5cc([N+](=O)[O-])c(N(C)C)c([N+](=O)[O-])c5)C(=O)C4C3CC3C(=O)N(c4cccc(Cl)c4)C(=O)C23c2ccccc2)cc(OC)c1O. The number of aromatic hydroxyl groups is 1. The Morgan fingerprint density at radius 2 is 1.46 bits per heavy atom. The van der Waals surface area contributed by atoms with Gasteiger partial charge in [-0.3, -0.25) is 39.4 Å². The summed E-state index contributed by atoms with van der Waals surface area (Å²) in [7, 11) is 5.58. The van der Waals surface area contributed by atoms with Crippen LogP contribution in [0, 0.1) is 49.8 Å². The number of nitro groups is 2. The second kappa shape index (κ2) is 15.2. The van der Waals surface area contributed by atoms with Gasteiger partial charge in [0.2, 0.25) is 29.4 Å². The van der Waals surface area contributed by atoms with Gasteiger partial charge in [0.05, 0.1) is 58.6 Å². The quantitative estimate of drug-likeness (QED) is 0.0753. The van der Waals surface area contributed by atoms with E-state index in [9.17, 15) is 34.9 Å². The molecular formula is C44H38ClN5O11. The number of methoxy groups -OCH3 is 2. The van der Waals surface area contributed by atoms with E-state index in [2.05, 4.69) is 0 Å². The van der Waals surface area contributed by atoms with Crippen LogP contribution in [0.1, 0.15) is 24.0 Å². The van der Waals surface area contributed by atoms with Gasteiger partial charge < -0.3 is 19.5 Å². The van der Waals surface area contributed by atoms with Crippen molar-refractivity contribution in [3.05, 3.63) is 133 Å². The Balaban J connectivity index is 1.32. The third-order valence-electron chi connectivity index (χ3n) is 12.4. The molecule has 0 radical (unpaired) electrons. The maximum absolute atomic E-state index is 15.4. The first-order valence-electron chi connectivity index (χ1n) is 19.2. The summed E-state index contributed by atoms with van der Waals surface area (Å²) < 4.78 is 10.8. The summed E-state index contributed by atoms with van der Waals surface area (Å²) in [6.07, 6.45) is 5.31. The molecule has 2 heterocycles. The molecular weight excluding hydrogens is 810 g/mol. The Morgan fingerprint density at radius 1 is 0.820 bits per heavy atom. The van der Waals surface area contributed by atoms with E-state index in [0.717, 1.165) is 21.9 Å². The third kappa shape index (κ3) is 6.19. The normalized spacial score (nSPS) is 24.3. The van der Waals surface area contributed by atoms with E-state index >= 15 is 9.59 Å². The van der Waals surface area contributed by atoms with Crippen LogP contribution in [0.5, 0.6) is 17.2 Å². The molecule has 1 saturated carbocycles. The Kier molecular flexibility index (Phi) is 10.1. The van der Waals surface area contributed by atoms with Gasteiger partial charge >= 0.3 is 11.4 Å². The first-order valence-corrected chi connectivity index (χ1v) is 19.6. The molecule has 4 amide bonds. The first kappa shape index (κ1) is 40.7. The van der Waals surface area contributed by atoms with Crippen molar-refractivity contribution in [2.24, 2.45) is 29.6 Å². The number of halogens is 1. The number of benzene rings is 4. The molecule has 2 saturated heterocycles. The lowest BCUT2D eigenvalue weighted by atomic mass is 9.50. The molecule has 0 bridgehead atoms. The fourth-order valence-corrected chi connectivity index (χ4v) is 10.1. The predicted octanol–water partition coefficient (Wildman–Crippen LogP) is 6.86. The first-order chi connectivity index (χ1) is 29.1. The average molecular weight is 848 g/mol. The van der Waals surface area contributed by atoms with Gasteiger partial charge in [0.1, 0.15) is 0 Å². The summed E-state index contributed by atoms with van der Waals surface area (Å²) in [5.74, 6) is -7.37. The number of phenolic OH excluding ortho intramolecular Hbond substituents is 1. The summed E-state index contributed by atoms with van der Waals surface area (Å²) >= 11 is 6.40. The summed E-state index contributed by atoms with van der Waals surface area (Å²) in [4.78, 5) is 85.7. The molecule has 8 rings (SSSR count). The number of anilines is 3. The second-order valence-corrected chi connectivity index (χ2v) is 16.0. The van der Waals surface area contributed by atoms with Crippen LogP contribution in [0.2, 0.25) is 5.02 Å². The highest BCUT2D eigenvalue weighted by atomic mass is 35.5. The maximum Gasteiger partial charge on any atom is 0.301 e.